The lowest BCUT2D eigenvalue weighted by atomic mass is 9.94. The highest BCUT2D eigenvalue weighted by Gasteiger charge is 2.19. The largest absolute Gasteiger partial charge is 0.332 e. The Labute approximate surface area is 97.3 Å². The van der Waals surface area contributed by atoms with Gasteiger partial charge in [0, 0.05) is 24.9 Å². The Balaban J connectivity index is 1.71. The molecule has 1 saturated heterocycles. The molecule has 3 heteroatoms. The summed E-state index contributed by atoms with van der Waals surface area (Å²) < 4.78 is 2.48. The molecule has 0 bridgehead atoms. The van der Waals surface area contributed by atoms with Crippen LogP contribution < -0.4 is 5.32 Å². The van der Waals surface area contributed by atoms with Crippen molar-refractivity contribution in [2.45, 2.75) is 45.1 Å². The molecule has 2 aliphatic heterocycles. The van der Waals surface area contributed by atoms with Gasteiger partial charge in [0.25, 0.3) is 0 Å². The van der Waals surface area contributed by atoms with Crippen LogP contribution in [0.3, 0.4) is 0 Å². The van der Waals surface area contributed by atoms with Crippen LogP contribution in [0.2, 0.25) is 0 Å². The summed E-state index contributed by atoms with van der Waals surface area (Å²) in [5.74, 6) is 2.20. The first-order valence-electron chi connectivity index (χ1n) is 6.67. The van der Waals surface area contributed by atoms with E-state index in [0.29, 0.717) is 0 Å². The van der Waals surface area contributed by atoms with Gasteiger partial charge in [-0.1, -0.05) is 0 Å². The lowest BCUT2D eigenvalue weighted by Gasteiger charge is -2.23. The van der Waals surface area contributed by atoms with Gasteiger partial charge in [-0.25, -0.2) is 4.98 Å². The van der Waals surface area contributed by atoms with E-state index in [1.165, 1.54) is 69.7 Å². The Hall–Kier alpha value is -0.830. The molecule has 0 radical (unpaired) electrons. The number of rotatable bonds is 2. The summed E-state index contributed by atoms with van der Waals surface area (Å²) in [4.78, 5) is 4.63. The molecule has 88 valence electrons. The number of imidazole rings is 1. The quantitative estimate of drug-likeness (QED) is 0.821. The molecule has 3 heterocycles. The molecular formula is C13H21N3. The zero-order valence-corrected chi connectivity index (χ0v) is 9.91. The topological polar surface area (TPSA) is 29.9 Å². The van der Waals surface area contributed by atoms with E-state index in [2.05, 4.69) is 21.1 Å². The van der Waals surface area contributed by atoms with E-state index in [0.717, 1.165) is 5.92 Å². The van der Waals surface area contributed by atoms with Crippen molar-refractivity contribution in [3.63, 3.8) is 0 Å². The van der Waals surface area contributed by atoms with Crippen molar-refractivity contribution >= 4 is 0 Å². The van der Waals surface area contributed by atoms with Crippen LogP contribution in [0.4, 0.5) is 0 Å². The highest BCUT2D eigenvalue weighted by Crippen LogP contribution is 2.21. The summed E-state index contributed by atoms with van der Waals surface area (Å²) in [5.41, 5.74) is 1.47. The Kier molecular flexibility index (Phi) is 2.96. The van der Waals surface area contributed by atoms with Crippen LogP contribution in [0.5, 0.6) is 0 Å². The molecule has 2 aliphatic rings. The van der Waals surface area contributed by atoms with Gasteiger partial charge in [0.1, 0.15) is 5.82 Å². The number of aromatic nitrogens is 2. The second-order valence-corrected chi connectivity index (χ2v) is 5.17. The molecular weight excluding hydrogens is 198 g/mol. The first kappa shape index (κ1) is 10.3. The number of piperidine rings is 1. The van der Waals surface area contributed by atoms with Gasteiger partial charge in [-0.2, -0.15) is 0 Å². The first-order valence-corrected chi connectivity index (χ1v) is 6.67. The number of nitrogens with zero attached hydrogens (tertiary/aromatic N) is 2. The normalized spacial score (nSPS) is 22.0. The van der Waals surface area contributed by atoms with E-state index in [9.17, 15) is 0 Å². The maximum Gasteiger partial charge on any atom is 0.109 e. The van der Waals surface area contributed by atoms with Gasteiger partial charge in [-0.15, -0.1) is 0 Å². The molecule has 3 rings (SSSR count). The van der Waals surface area contributed by atoms with Crippen molar-refractivity contribution in [2.24, 2.45) is 5.92 Å². The van der Waals surface area contributed by atoms with Crippen molar-refractivity contribution in [3.05, 3.63) is 17.7 Å². The van der Waals surface area contributed by atoms with Gasteiger partial charge in [0.05, 0.1) is 0 Å². The van der Waals surface area contributed by atoms with Gasteiger partial charge in [0.2, 0.25) is 0 Å². The van der Waals surface area contributed by atoms with Crippen molar-refractivity contribution < 1.29 is 0 Å². The van der Waals surface area contributed by atoms with Gasteiger partial charge >= 0.3 is 0 Å². The number of hydrogen-bond donors (Lipinski definition) is 1. The van der Waals surface area contributed by atoms with Crippen molar-refractivity contribution in [1.29, 1.82) is 0 Å². The predicted octanol–water partition coefficient (Wildman–Crippen LogP) is 1.76. The second kappa shape index (κ2) is 4.58. The minimum absolute atomic E-state index is 0.856. The van der Waals surface area contributed by atoms with E-state index < -0.39 is 0 Å². The van der Waals surface area contributed by atoms with E-state index in [1.807, 2.05) is 0 Å². The molecule has 0 aromatic carbocycles. The van der Waals surface area contributed by atoms with Crippen LogP contribution in [0.1, 0.15) is 37.2 Å². The average molecular weight is 219 g/mol. The predicted molar refractivity (Wildman–Crippen MR) is 64.5 cm³/mol. The Bertz CT molecular complexity index is 350. The van der Waals surface area contributed by atoms with Gasteiger partial charge in [0.15, 0.2) is 0 Å². The highest BCUT2D eigenvalue weighted by atomic mass is 15.1. The zero-order chi connectivity index (χ0) is 10.8. The molecule has 1 aromatic rings. The summed E-state index contributed by atoms with van der Waals surface area (Å²) in [6, 6.07) is 0. The Morgan fingerprint density at radius 3 is 3.06 bits per heavy atom. The Morgan fingerprint density at radius 2 is 2.19 bits per heavy atom. The summed E-state index contributed by atoms with van der Waals surface area (Å²) in [6.07, 6.45) is 9.86. The van der Waals surface area contributed by atoms with E-state index in [-0.39, 0.29) is 0 Å². The van der Waals surface area contributed by atoms with E-state index in [1.54, 1.807) is 0 Å². The third kappa shape index (κ3) is 2.01. The van der Waals surface area contributed by atoms with Crippen LogP contribution in [0.15, 0.2) is 6.20 Å². The lowest BCUT2D eigenvalue weighted by Crippen LogP contribution is -2.29. The van der Waals surface area contributed by atoms with Crippen LogP contribution in [0.25, 0.3) is 0 Å². The number of aryl methyl sites for hydroxylation is 1. The van der Waals surface area contributed by atoms with Crippen molar-refractivity contribution in [1.82, 2.24) is 14.9 Å². The molecule has 16 heavy (non-hydrogen) atoms. The zero-order valence-electron chi connectivity index (χ0n) is 9.91. The standard InChI is InChI=1S/C13H21N3/c1-2-8-16-12(3-1)10-15-13(16)9-11-4-6-14-7-5-11/h10-11,14H,1-9H2. The van der Waals surface area contributed by atoms with E-state index in [4.69, 9.17) is 0 Å². The molecule has 0 atom stereocenters. The van der Waals surface area contributed by atoms with Crippen molar-refractivity contribution in [2.75, 3.05) is 13.1 Å². The summed E-state index contributed by atoms with van der Waals surface area (Å²) in [5, 5.41) is 3.43. The van der Waals surface area contributed by atoms with E-state index >= 15 is 0 Å². The summed E-state index contributed by atoms with van der Waals surface area (Å²) in [6.45, 7) is 3.59. The number of hydrogen-bond acceptors (Lipinski definition) is 2. The average Bonchev–Trinajstić information content (AvgIpc) is 2.74. The van der Waals surface area contributed by atoms with Crippen LogP contribution in [-0.2, 0) is 19.4 Å². The molecule has 0 amide bonds. The number of nitrogens with one attached hydrogen (secondary N) is 1. The monoisotopic (exact) mass is 219 g/mol. The van der Waals surface area contributed by atoms with Crippen LogP contribution >= 0.6 is 0 Å². The fourth-order valence-corrected chi connectivity index (χ4v) is 3.01. The minimum atomic E-state index is 0.856. The molecule has 3 nitrogen and oxygen atoms in total. The number of fused-ring (bicyclic) bond motifs is 1. The van der Waals surface area contributed by atoms with Crippen LogP contribution in [-0.4, -0.2) is 22.6 Å². The minimum Gasteiger partial charge on any atom is -0.332 e. The molecule has 1 N–H and O–H groups in total. The third-order valence-electron chi connectivity index (χ3n) is 4.02. The molecule has 0 unspecified atom stereocenters. The van der Waals surface area contributed by atoms with Crippen LogP contribution in [0, 0.1) is 5.92 Å². The fourth-order valence-electron chi connectivity index (χ4n) is 3.01. The van der Waals surface area contributed by atoms with Crippen molar-refractivity contribution in [3.8, 4) is 0 Å². The molecule has 1 fully saturated rings. The molecule has 0 aliphatic carbocycles. The third-order valence-corrected chi connectivity index (χ3v) is 4.02. The SMILES string of the molecule is c1nc(CC2CCNCC2)n2c1CCCC2. The maximum atomic E-state index is 4.63. The summed E-state index contributed by atoms with van der Waals surface area (Å²) in [7, 11) is 0. The molecule has 0 saturated carbocycles. The first-order chi connectivity index (χ1) is 7.93. The summed E-state index contributed by atoms with van der Waals surface area (Å²) >= 11 is 0. The smallest absolute Gasteiger partial charge is 0.109 e. The molecule has 1 aromatic heterocycles. The fraction of sp³-hybridized carbons (Fsp3) is 0.769. The van der Waals surface area contributed by atoms with Gasteiger partial charge in [-0.05, 0) is 51.1 Å². The highest BCUT2D eigenvalue weighted by molar-refractivity contribution is 5.08. The lowest BCUT2D eigenvalue weighted by molar-refractivity contribution is 0.359. The molecule has 0 spiro atoms. The maximum absolute atomic E-state index is 4.63. The van der Waals surface area contributed by atoms with Gasteiger partial charge in [-0.3, -0.25) is 0 Å². The Morgan fingerprint density at radius 1 is 1.31 bits per heavy atom. The second-order valence-electron chi connectivity index (χ2n) is 5.17. The van der Waals surface area contributed by atoms with Gasteiger partial charge < -0.3 is 9.88 Å².